The highest BCUT2D eigenvalue weighted by atomic mass is 15.1. The number of rotatable bonds is 6. The van der Waals surface area contributed by atoms with E-state index >= 15 is 0 Å². The molecule has 0 spiro atoms. The van der Waals surface area contributed by atoms with Crippen LogP contribution in [0, 0.1) is 11.3 Å². The summed E-state index contributed by atoms with van der Waals surface area (Å²) in [5, 5.41) is 3.61. The summed E-state index contributed by atoms with van der Waals surface area (Å²) >= 11 is 0. The van der Waals surface area contributed by atoms with Gasteiger partial charge in [0.25, 0.3) is 0 Å². The Labute approximate surface area is 114 Å². The molecule has 0 aromatic carbocycles. The third-order valence-corrected chi connectivity index (χ3v) is 5.26. The maximum absolute atomic E-state index is 3.61. The van der Waals surface area contributed by atoms with E-state index in [4.69, 9.17) is 0 Å². The molecule has 1 aliphatic heterocycles. The number of piperidine rings is 1. The topological polar surface area (TPSA) is 15.3 Å². The van der Waals surface area contributed by atoms with Crippen molar-refractivity contribution in [3.8, 4) is 0 Å². The van der Waals surface area contributed by atoms with Crippen molar-refractivity contribution >= 4 is 0 Å². The highest BCUT2D eigenvalue weighted by Gasteiger charge is 2.35. The second-order valence-corrected chi connectivity index (χ2v) is 6.62. The number of nitrogens with zero attached hydrogens (tertiary/aromatic N) is 1. The molecule has 0 bridgehead atoms. The minimum Gasteiger partial charge on any atom is -0.316 e. The van der Waals surface area contributed by atoms with E-state index in [-0.39, 0.29) is 0 Å². The summed E-state index contributed by atoms with van der Waals surface area (Å²) in [5.74, 6) is 1.01. The molecule has 2 fully saturated rings. The summed E-state index contributed by atoms with van der Waals surface area (Å²) in [6, 6.07) is 0. The van der Waals surface area contributed by atoms with E-state index in [1.54, 1.807) is 0 Å². The van der Waals surface area contributed by atoms with E-state index in [0.717, 1.165) is 12.5 Å². The van der Waals surface area contributed by atoms with Gasteiger partial charge in [-0.2, -0.15) is 0 Å². The number of likely N-dealkylation sites (tertiary alicyclic amines) is 1. The van der Waals surface area contributed by atoms with E-state index in [0.29, 0.717) is 5.41 Å². The Balaban J connectivity index is 1.82. The Bertz CT molecular complexity index is 225. The second kappa shape index (κ2) is 6.91. The van der Waals surface area contributed by atoms with Gasteiger partial charge in [0.15, 0.2) is 0 Å². The zero-order chi connectivity index (χ0) is 12.8. The van der Waals surface area contributed by atoms with Gasteiger partial charge in [-0.05, 0) is 56.7 Å². The largest absolute Gasteiger partial charge is 0.316 e. The molecule has 0 unspecified atom stereocenters. The van der Waals surface area contributed by atoms with Crippen LogP contribution in [-0.4, -0.2) is 37.6 Å². The van der Waals surface area contributed by atoms with Crippen molar-refractivity contribution in [2.45, 2.75) is 58.8 Å². The first-order chi connectivity index (χ1) is 8.78. The maximum Gasteiger partial charge on any atom is 0.00501 e. The second-order valence-electron chi connectivity index (χ2n) is 6.62. The van der Waals surface area contributed by atoms with E-state index in [9.17, 15) is 0 Å². The van der Waals surface area contributed by atoms with Crippen LogP contribution >= 0.6 is 0 Å². The van der Waals surface area contributed by atoms with Crippen LogP contribution in [0.2, 0.25) is 0 Å². The van der Waals surface area contributed by atoms with Crippen LogP contribution in [0.1, 0.15) is 58.8 Å². The van der Waals surface area contributed by atoms with Crippen LogP contribution in [0.15, 0.2) is 0 Å². The first kappa shape index (κ1) is 14.3. The van der Waals surface area contributed by atoms with Gasteiger partial charge in [0.2, 0.25) is 0 Å². The van der Waals surface area contributed by atoms with Gasteiger partial charge in [-0.3, -0.25) is 0 Å². The first-order valence-corrected chi connectivity index (χ1v) is 8.21. The van der Waals surface area contributed by atoms with Gasteiger partial charge in [-0.1, -0.05) is 33.1 Å². The molecular weight excluding hydrogens is 220 g/mol. The van der Waals surface area contributed by atoms with Crippen molar-refractivity contribution in [2.75, 3.05) is 32.7 Å². The van der Waals surface area contributed by atoms with Crippen LogP contribution < -0.4 is 5.32 Å². The monoisotopic (exact) mass is 252 g/mol. The van der Waals surface area contributed by atoms with E-state index in [1.165, 1.54) is 71.1 Å². The minimum absolute atomic E-state index is 0.606. The van der Waals surface area contributed by atoms with Crippen molar-refractivity contribution in [3.05, 3.63) is 0 Å². The van der Waals surface area contributed by atoms with Crippen molar-refractivity contribution in [1.82, 2.24) is 10.2 Å². The number of hydrogen-bond acceptors (Lipinski definition) is 2. The lowest BCUT2D eigenvalue weighted by molar-refractivity contribution is 0.109. The molecule has 0 atom stereocenters. The lowest BCUT2D eigenvalue weighted by Crippen LogP contribution is -2.45. The molecule has 2 rings (SSSR count). The molecule has 1 aliphatic carbocycles. The lowest BCUT2D eigenvalue weighted by atomic mass is 9.84. The Morgan fingerprint density at radius 1 is 1.11 bits per heavy atom. The maximum atomic E-state index is 3.61. The molecule has 106 valence electrons. The summed E-state index contributed by atoms with van der Waals surface area (Å²) in [6.45, 7) is 11.0. The van der Waals surface area contributed by atoms with Gasteiger partial charge >= 0.3 is 0 Å². The molecule has 1 heterocycles. The molecule has 1 saturated heterocycles. The van der Waals surface area contributed by atoms with Crippen LogP contribution in [-0.2, 0) is 0 Å². The van der Waals surface area contributed by atoms with E-state index in [1.807, 2.05) is 0 Å². The standard InChI is InChI=1S/C16H32N2/c1-3-15-7-11-18(12-8-15)14-16(13-17-4-2)9-5-6-10-16/h15,17H,3-14H2,1-2H3. The van der Waals surface area contributed by atoms with Crippen molar-refractivity contribution < 1.29 is 0 Å². The molecular formula is C16H32N2. The Kier molecular flexibility index (Phi) is 5.50. The predicted octanol–water partition coefficient (Wildman–Crippen LogP) is 3.28. The van der Waals surface area contributed by atoms with E-state index < -0.39 is 0 Å². The normalized spacial score (nSPS) is 25.7. The van der Waals surface area contributed by atoms with Gasteiger partial charge in [0, 0.05) is 13.1 Å². The van der Waals surface area contributed by atoms with Crippen LogP contribution in [0.4, 0.5) is 0 Å². The summed E-state index contributed by atoms with van der Waals surface area (Å²) in [6.07, 6.45) is 10.1. The summed E-state index contributed by atoms with van der Waals surface area (Å²) in [7, 11) is 0. The fourth-order valence-electron chi connectivity index (χ4n) is 3.93. The lowest BCUT2D eigenvalue weighted by Gasteiger charge is -2.39. The summed E-state index contributed by atoms with van der Waals surface area (Å²) < 4.78 is 0. The molecule has 0 radical (unpaired) electrons. The Hall–Kier alpha value is -0.0800. The first-order valence-electron chi connectivity index (χ1n) is 8.21. The summed E-state index contributed by atoms with van der Waals surface area (Å²) in [5.41, 5.74) is 0.606. The molecule has 0 amide bonds. The van der Waals surface area contributed by atoms with Crippen molar-refractivity contribution in [3.63, 3.8) is 0 Å². The third-order valence-electron chi connectivity index (χ3n) is 5.26. The average Bonchev–Trinajstić information content (AvgIpc) is 2.86. The number of nitrogens with one attached hydrogen (secondary N) is 1. The van der Waals surface area contributed by atoms with Crippen LogP contribution in [0.25, 0.3) is 0 Å². The minimum atomic E-state index is 0.606. The van der Waals surface area contributed by atoms with Crippen LogP contribution in [0.3, 0.4) is 0 Å². The number of hydrogen-bond donors (Lipinski definition) is 1. The van der Waals surface area contributed by atoms with Crippen molar-refractivity contribution in [2.24, 2.45) is 11.3 Å². The predicted molar refractivity (Wildman–Crippen MR) is 78.9 cm³/mol. The van der Waals surface area contributed by atoms with Gasteiger partial charge < -0.3 is 10.2 Å². The Morgan fingerprint density at radius 2 is 1.78 bits per heavy atom. The quantitative estimate of drug-likeness (QED) is 0.780. The van der Waals surface area contributed by atoms with E-state index in [2.05, 4.69) is 24.1 Å². The average molecular weight is 252 g/mol. The van der Waals surface area contributed by atoms with Gasteiger partial charge in [-0.25, -0.2) is 0 Å². The molecule has 0 aromatic rings. The van der Waals surface area contributed by atoms with Crippen molar-refractivity contribution in [1.29, 1.82) is 0 Å². The fraction of sp³-hybridized carbons (Fsp3) is 1.00. The highest BCUT2D eigenvalue weighted by Crippen LogP contribution is 2.39. The zero-order valence-corrected chi connectivity index (χ0v) is 12.5. The molecule has 2 heteroatoms. The molecule has 0 aromatic heterocycles. The third kappa shape index (κ3) is 3.71. The van der Waals surface area contributed by atoms with Gasteiger partial charge in [0.1, 0.15) is 0 Å². The fourth-order valence-corrected chi connectivity index (χ4v) is 3.93. The SMILES string of the molecule is CCNCC1(CN2CCC(CC)CC2)CCCC1. The molecule has 2 aliphatic rings. The zero-order valence-electron chi connectivity index (χ0n) is 12.5. The molecule has 2 nitrogen and oxygen atoms in total. The molecule has 1 saturated carbocycles. The molecule has 1 N–H and O–H groups in total. The highest BCUT2D eigenvalue weighted by molar-refractivity contribution is 4.90. The molecule has 18 heavy (non-hydrogen) atoms. The van der Waals surface area contributed by atoms with Gasteiger partial charge in [-0.15, -0.1) is 0 Å². The summed E-state index contributed by atoms with van der Waals surface area (Å²) in [4.78, 5) is 2.76. The van der Waals surface area contributed by atoms with Gasteiger partial charge in [0.05, 0.1) is 0 Å². The Morgan fingerprint density at radius 3 is 2.33 bits per heavy atom. The van der Waals surface area contributed by atoms with Crippen LogP contribution in [0.5, 0.6) is 0 Å². The smallest absolute Gasteiger partial charge is 0.00501 e.